The van der Waals surface area contributed by atoms with Crippen molar-refractivity contribution in [3.63, 3.8) is 0 Å². The molecule has 1 aromatic carbocycles. The van der Waals surface area contributed by atoms with Crippen LogP contribution in [0.3, 0.4) is 0 Å². The zero-order valence-electron chi connectivity index (χ0n) is 14.8. The van der Waals surface area contributed by atoms with Gasteiger partial charge in [-0.15, -0.1) is 0 Å². The van der Waals surface area contributed by atoms with Gasteiger partial charge in [0.2, 0.25) is 0 Å². The fourth-order valence-corrected chi connectivity index (χ4v) is 4.93. The average Bonchev–Trinajstić information content (AvgIpc) is 3.27. The number of ether oxygens (including phenoxy) is 2. The monoisotopic (exact) mass is 312 g/mol. The van der Waals surface area contributed by atoms with Crippen molar-refractivity contribution in [3.05, 3.63) is 34.9 Å². The number of rotatable bonds is 3. The van der Waals surface area contributed by atoms with Crippen molar-refractivity contribution < 1.29 is 9.47 Å². The maximum absolute atomic E-state index is 6.00. The van der Waals surface area contributed by atoms with E-state index in [0.29, 0.717) is 11.8 Å². The maximum Gasteiger partial charge on any atom is 0.123 e. The van der Waals surface area contributed by atoms with Crippen LogP contribution < -0.4 is 4.74 Å². The molecule has 2 heteroatoms. The molecule has 2 fully saturated rings. The summed E-state index contributed by atoms with van der Waals surface area (Å²) in [5.74, 6) is 2.06. The van der Waals surface area contributed by atoms with Gasteiger partial charge in [-0.1, -0.05) is 32.9 Å². The van der Waals surface area contributed by atoms with Crippen LogP contribution >= 0.6 is 0 Å². The largest absolute Gasteiger partial charge is 0.494 e. The van der Waals surface area contributed by atoms with Crippen molar-refractivity contribution in [3.8, 4) is 5.75 Å². The van der Waals surface area contributed by atoms with E-state index in [2.05, 4.69) is 52.0 Å². The van der Waals surface area contributed by atoms with Crippen LogP contribution in [0.1, 0.15) is 69.6 Å². The van der Waals surface area contributed by atoms with Crippen LogP contribution in [0.5, 0.6) is 5.75 Å². The van der Waals surface area contributed by atoms with Crippen LogP contribution in [0.2, 0.25) is 0 Å². The van der Waals surface area contributed by atoms with E-state index in [1.165, 1.54) is 36.0 Å². The first-order chi connectivity index (χ1) is 11.0. The van der Waals surface area contributed by atoms with Crippen LogP contribution in [0.4, 0.5) is 0 Å². The third kappa shape index (κ3) is 2.18. The molecule has 1 saturated heterocycles. The molecule has 1 unspecified atom stereocenters. The van der Waals surface area contributed by atoms with Crippen molar-refractivity contribution in [1.29, 1.82) is 0 Å². The molecule has 2 nitrogen and oxygen atoms in total. The lowest BCUT2D eigenvalue weighted by atomic mass is 9.56. The first-order valence-corrected chi connectivity index (χ1v) is 9.13. The summed E-state index contributed by atoms with van der Waals surface area (Å²) >= 11 is 0. The first-order valence-electron chi connectivity index (χ1n) is 9.13. The van der Waals surface area contributed by atoms with E-state index in [-0.39, 0.29) is 11.0 Å². The van der Waals surface area contributed by atoms with Crippen LogP contribution in [0.15, 0.2) is 18.2 Å². The van der Waals surface area contributed by atoms with Crippen molar-refractivity contribution in [1.82, 2.24) is 0 Å². The number of fused-ring (bicyclic) bond motifs is 4. The summed E-state index contributed by atoms with van der Waals surface area (Å²) in [6, 6.07) is 4.70. The molecule has 3 atom stereocenters. The van der Waals surface area contributed by atoms with Crippen molar-refractivity contribution in [2.45, 2.75) is 63.9 Å². The molecule has 1 aliphatic heterocycles. The van der Waals surface area contributed by atoms with Gasteiger partial charge in [0.1, 0.15) is 5.75 Å². The van der Waals surface area contributed by atoms with Crippen LogP contribution in [-0.2, 0) is 10.2 Å². The third-order valence-corrected chi connectivity index (χ3v) is 6.25. The number of epoxide rings is 1. The quantitative estimate of drug-likeness (QED) is 0.727. The van der Waals surface area contributed by atoms with Gasteiger partial charge < -0.3 is 9.47 Å². The number of hydrogen-bond acceptors (Lipinski definition) is 2. The minimum atomic E-state index is 0.129. The van der Waals surface area contributed by atoms with Crippen molar-refractivity contribution >= 4 is 6.08 Å². The van der Waals surface area contributed by atoms with Crippen LogP contribution in [-0.4, -0.2) is 18.8 Å². The zero-order chi connectivity index (χ0) is 16.2. The molecule has 4 rings (SSSR count). The van der Waals surface area contributed by atoms with Gasteiger partial charge >= 0.3 is 0 Å². The Labute approximate surface area is 139 Å². The van der Waals surface area contributed by atoms with E-state index in [4.69, 9.17) is 9.47 Å². The Morgan fingerprint density at radius 1 is 1.30 bits per heavy atom. The fraction of sp³-hybridized carbons (Fsp3) is 0.619. The van der Waals surface area contributed by atoms with Gasteiger partial charge in [0.15, 0.2) is 0 Å². The molecule has 0 aromatic heterocycles. The Morgan fingerprint density at radius 2 is 2.09 bits per heavy atom. The Bertz CT molecular complexity index is 654. The molecule has 1 spiro atoms. The van der Waals surface area contributed by atoms with E-state index in [0.717, 1.165) is 19.0 Å². The van der Waals surface area contributed by atoms with Crippen LogP contribution in [0.25, 0.3) is 6.08 Å². The summed E-state index contributed by atoms with van der Waals surface area (Å²) in [6.45, 7) is 10.7. The molecule has 0 N–H and O–H groups in total. The lowest BCUT2D eigenvalue weighted by molar-refractivity contribution is 0.115. The average molecular weight is 312 g/mol. The summed E-state index contributed by atoms with van der Waals surface area (Å²) < 4.78 is 11.9. The van der Waals surface area contributed by atoms with Gasteiger partial charge in [-0.2, -0.15) is 0 Å². The molecule has 1 saturated carbocycles. The Kier molecular flexibility index (Phi) is 3.39. The molecule has 1 aromatic rings. The standard InChI is InChI=1S/C21H28O2/c1-5-22-18-12-17-15(11-16(18)14(2)3)7-8-19-20(17,4)9-6-10-21(19)13-23-21/h7-8,11-12,14,19H,5-6,9-10,13H2,1-4H3/t19?,20-,21+/m1/s1. The SMILES string of the molecule is CCOc1cc2c(cc1C(C)C)C=CC1[C@]3(CCC[C@]21C)CO3. The number of benzene rings is 1. The topological polar surface area (TPSA) is 21.8 Å². The van der Waals surface area contributed by atoms with Gasteiger partial charge in [0.25, 0.3) is 0 Å². The predicted molar refractivity (Wildman–Crippen MR) is 94.1 cm³/mol. The van der Waals surface area contributed by atoms with E-state index in [1.807, 2.05) is 0 Å². The zero-order valence-corrected chi connectivity index (χ0v) is 14.8. The molecule has 0 radical (unpaired) electrons. The second kappa shape index (κ2) is 5.11. The lowest BCUT2D eigenvalue weighted by Crippen LogP contribution is -2.46. The summed E-state index contributed by atoms with van der Waals surface area (Å²) in [4.78, 5) is 0. The highest BCUT2D eigenvalue weighted by atomic mass is 16.6. The van der Waals surface area contributed by atoms with Gasteiger partial charge in [-0.25, -0.2) is 0 Å². The smallest absolute Gasteiger partial charge is 0.123 e. The molecular formula is C21H28O2. The summed E-state index contributed by atoms with van der Waals surface area (Å²) in [5, 5.41) is 0. The van der Waals surface area contributed by atoms with Gasteiger partial charge in [-0.3, -0.25) is 0 Å². The minimum absolute atomic E-state index is 0.129. The lowest BCUT2D eigenvalue weighted by Gasteiger charge is -2.47. The molecular weight excluding hydrogens is 284 g/mol. The fourth-order valence-electron chi connectivity index (χ4n) is 4.93. The molecule has 3 aliphatic rings. The maximum atomic E-state index is 6.00. The van der Waals surface area contributed by atoms with Gasteiger partial charge in [0.05, 0.1) is 18.8 Å². The highest BCUT2D eigenvalue weighted by molar-refractivity contribution is 5.65. The first kappa shape index (κ1) is 15.3. The number of hydrogen-bond donors (Lipinski definition) is 0. The molecule has 23 heavy (non-hydrogen) atoms. The summed E-state index contributed by atoms with van der Waals surface area (Å²) in [5.41, 5.74) is 4.48. The minimum Gasteiger partial charge on any atom is -0.494 e. The molecule has 0 amide bonds. The van der Waals surface area contributed by atoms with E-state index in [9.17, 15) is 0 Å². The predicted octanol–water partition coefficient (Wildman–Crippen LogP) is 5.06. The van der Waals surface area contributed by atoms with E-state index < -0.39 is 0 Å². The highest BCUT2D eigenvalue weighted by Gasteiger charge is 2.60. The Morgan fingerprint density at radius 3 is 2.74 bits per heavy atom. The Balaban J connectivity index is 1.85. The molecule has 124 valence electrons. The summed E-state index contributed by atoms with van der Waals surface area (Å²) in [7, 11) is 0. The van der Waals surface area contributed by atoms with Crippen molar-refractivity contribution in [2.24, 2.45) is 5.92 Å². The normalized spacial score (nSPS) is 34.4. The van der Waals surface area contributed by atoms with E-state index >= 15 is 0 Å². The second-order valence-corrected chi connectivity index (χ2v) is 8.03. The van der Waals surface area contributed by atoms with Crippen molar-refractivity contribution in [2.75, 3.05) is 13.2 Å². The Hall–Kier alpha value is -1.28. The van der Waals surface area contributed by atoms with E-state index in [1.54, 1.807) is 0 Å². The molecule has 0 bridgehead atoms. The highest BCUT2D eigenvalue weighted by Crippen LogP contribution is 2.58. The third-order valence-electron chi connectivity index (χ3n) is 6.25. The van der Waals surface area contributed by atoms with Gasteiger partial charge in [0, 0.05) is 11.3 Å². The second-order valence-electron chi connectivity index (χ2n) is 8.03. The van der Waals surface area contributed by atoms with Crippen LogP contribution in [0, 0.1) is 5.92 Å². The molecule has 2 aliphatic carbocycles. The molecule has 1 heterocycles. The summed E-state index contributed by atoms with van der Waals surface area (Å²) in [6.07, 6.45) is 8.48. The van der Waals surface area contributed by atoms with Gasteiger partial charge in [-0.05, 0) is 60.9 Å².